The van der Waals surface area contributed by atoms with Gasteiger partial charge in [-0.25, -0.2) is 0 Å². The fourth-order valence-electron chi connectivity index (χ4n) is 2.18. The van der Waals surface area contributed by atoms with Gasteiger partial charge in [-0.1, -0.05) is 0 Å². The van der Waals surface area contributed by atoms with Crippen molar-refractivity contribution in [3.05, 3.63) is 54.1 Å². The third-order valence-electron chi connectivity index (χ3n) is 3.40. The van der Waals surface area contributed by atoms with Gasteiger partial charge < -0.3 is 10.3 Å². The van der Waals surface area contributed by atoms with Crippen LogP contribution in [0.5, 0.6) is 0 Å². The number of hydrogen-bond donors (Lipinski definition) is 1. The second-order valence-electron chi connectivity index (χ2n) is 4.84. The molecule has 0 aromatic carbocycles. The molecule has 3 heteroatoms. The number of nitrogens with two attached hydrogens (primary N) is 1. The maximum atomic E-state index is 6.18. The van der Waals surface area contributed by atoms with E-state index in [4.69, 9.17) is 5.73 Å². The minimum atomic E-state index is 0.230. The topological polar surface area (TPSA) is 43.8 Å². The van der Waals surface area contributed by atoms with Crippen molar-refractivity contribution in [3.63, 3.8) is 0 Å². The minimum absolute atomic E-state index is 0.230. The predicted octanol–water partition coefficient (Wildman–Crippen LogP) is 2.34. The van der Waals surface area contributed by atoms with Crippen LogP contribution in [0.15, 0.2) is 43.0 Å². The van der Waals surface area contributed by atoms with Crippen molar-refractivity contribution in [2.75, 3.05) is 0 Å². The van der Waals surface area contributed by atoms with Crippen molar-refractivity contribution in [3.8, 4) is 0 Å². The third-order valence-corrected chi connectivity index (χ3v) is 3.40. The lowest BCUT2D eigenvalue weighted by Crippen LogP contribution is -2.11. The van der Waals surface area contributed by atoms with E-state index >= 15 is 0 Å². The summed E-state index contributed by atoms with van der Waals surface area (Å²) in [6, 6.07) is 6.46. The Morgan fingerprint density at radius 3 is 2.76 bits per heavy atom. The second kappa shape index (κ2) is 4.34. The monoisotopic (exact) mass is 227 g/mol. The lowest BCUT2D eigenvalue weighted by atomic mass is 10.1. The summed E-state index contributed by atoms with van der Waals surface area (Å²) in [6.45, 7) is 0.889. The minimum Gasteiger partial charge on any atom is -0.350 e. The molecule has 88 valence electrons. The third kappa shape index (κ3) is 2.39. The Labute approximate surface area is 101 Å². The van der Waals surface area contributed by atoms with E-state index in [1.807, 2.05) is 24.5 Å². The van der Waals surface area contributed by atoms with Crippen LogP contribution in [0, 0.1) is 5.92 Å². The summed E-state index contributed by atoms with van der Waals surface area (Å²) in [5, 5.41) is 0. The Kier molecular flexibility index (Phi) is 2.69. The maximum absolute atomic E-state index is 6.18. The zero-order valence-electron chi connectivity index (χ0n) is 9.79. The van der Waals surface area contributed by atoms with Gasteiger partial charge in [-0.15, -0.1) is 0 Å². The average molecular weight is 227 g/mol. The molecule has 3 rings (SSSR count). The maximum Gasteiger partial charge on any atom is 0.0471 e. The lowest BCUT2D eigenvalue weighted by Gasteiger charge is -2.07. The fraction of sp³-hybridized carbons (Fsp3) is 0.357. The summed E-state index contributed by atoms with van der Waals surface area (Å²) in [5.74, 6) is 0.715. The molecule has 0 amide bonds. The van der Waals surface area contributed by atoms with Crippen molar-refractivity contribution >= 4 is 0 Å². The molecule has 1 saturated carbocycles. The van der Waals surface area contributed by atoms with Crippen LogP contribution in [0.25, 0.3) is 0 Å². The molecule has 3 nitrogen and oxygen atoms in total. The Morgan fingerprint density at radius 1 is 1.29 bits per heavy atom. The van der Waals surface area contributed by atoms with Gasteiger partial charge in [0.15, 0.2) is 0 Å². The number of pyridine rings is 1. The quantitative estimate of drug-likeness (QED) is 0.871. The van der Waals surface area contributed by atoms with Gasteiger partial charge in [-0.3, -0.25) is 4.98 Å². The van der Waals surface area contributed by atoms with Gasteiger partial charge in [0, 0.05) is 37.4 Å². The fourth-order valence-corrected chi connectivity index (χ4v) is 2.18. The highest BCUT2D eigenvalue weighted by molar-refractivity contribution is 5.19. The summed E-state index contributed by atoms with van der Waals surface area (Å²) < 4.78 is 2.19. The number of hydrogen-bond acceptors (Lipinski definition) is 2. The van der Waals surface area contributed by atoms with E-state index in [-0.39, 0.29) is 6.04 Å². The van der Waals surface area contributed by atoms with E-state index in [1.165, 1.54) is 24.0 Å². The summed E-state index contributed by atoms with van der Waals surface area (Å²) in [6.07, 6.45) is 10.5. The smallest absolute Gasteiger partial charge is 0.0471 e. The van der Waals surface area contributed by atoms with Crippen LogP contribution in [-0.4, -0.2) is 9.55 Å². The summed E-state index contributed by atoms with van der Waals surface area (Å²) >= 11 is 0. The Bertz CT molecular complexity index is 485. The highest BCUT2D eigenvalue weighted by Gasteiger charge is 2.29. The van der Waals surface area contributed by atoms with E-state index in [9.17, 15) is 0 Å². The molecule has 0 bridgehead atoms. The van der Waals surface area contributed by atoms with Gasteiger partial charge in [0.25, 0.3) is 0 Å². The molecule has 1 unspecified atom stereocenters. The van der Waals surface area contributed by atoms with E-state index in [0.717, 1.165) is 6.54 Å². The zero-order chi connectivity index (χ0) is 11.7. The van der Waals surface area contributed by atoms with Crippen LogP contribution in [0.3, 0.4) is 0 Å². The zero-order valence-corrected chi connectivity index (χ0v) is 9.79. The Balaban J connectivity index is 1.72. The SMILES string of the molecule is NC(c1ccn(Cc2ccncc2)c1)C1CC1. The van der Waals surface area contributed by atoms with Gasteiger partial charge in [0.05, 0.1) is 0 Å². The summed E-state index contributed by atoms with van der Waals surface area (Å²) in [5.41, 5.74) is 8.71. The van der Waals surface area contributed by atoms with Crippen molar-refractivity contribution in [1.82, 2.24) is 9.55 Å². The van der Waals surface area contributed by atoms with Crippen LogP contribution in [-0.2, 0) is 6.54 Å². The van der Waals surface area contributed by atoms with Gasteiger partial charge in [0.1, 0.15) is 0 Å². The van der Waals surface area contributed by atoms with Crippen LogP contribution in [0.1, 0.15) is 30.0 Å². The number of aromatic nitrogens is 2. The standard InChI is InChI=1S/C14H17N3/c15-14(12-1-2-12)13-5-8-17(10-13)9-11-3-6-16-7-4-11/h3-8,10,12,14H,1-2,9,15H2. The molecule has 2 aromatic heterocycles. The molecule has 0 saturated heterocycles. The molecule has 1 aliphatic carbocycles. The first-order chi connectivity index (χ1) is 8.33. The van der Waals surface area contributed by atoms with Gasteiger partial charge in [-0.05, 0) is 48.1 Å². The first-order valence-corrected chi connectivity index (χ1v) is 6.13. The van der Waals surface area contributed by atoms with Gasteiger partial charge >= 0.3 is 0 Å². The van der Waals surface area contributed by atoms with Gasteiger partial charge in [-0.2, -0.15) is 0 Å². The van der Waals surface area contributed by atoms with Crippen LogP contribution < -0.4 is 5.73 Å². The van der Waals surface area contributed by atoms with Crippen LogP contribution in [0.4, 0.5) is 0 Å². The Morgan fingerprint density at radius 2 is 2.06 bits per heavy atom. The van der Waals surface area contributed by atoms with Crippen molar-refractivity contribution < 1.29 is 0 Å². The molecule has 1 aliphatic rings. The van der Waals surface area contributed by atoms with Gasteiger partial charge in [0.2, 0.25) is 0 Å². The molecule has 2 N–H and O–H groups in total. The first kappa shape index (κ1) is 10.5. The molecule has 1 atom stereocenters. The lowest BCUT2D eigenvalue weighted by molar-refractivity contribution is 0.631. The highest BCUT2D eigenvalue weighted by Crippen LogP contribution is 2.39. The molecule has 0 aliphatic heterocycles. The van der Waals surface area contributed by atoms with Crippen LogP contribution in [0.2, 0.25) is 0 Å². The normalized spacial score (nSPS) is 17.0. The summed E-state index contributed by atoms with van der Waals surface area (Å²) in [7, 11) is 0. The van der Waals surface area contributed by atoms with Crippen LogP contribution >= 0.6 is 0 Å². The molecule has 0 spiro atoms. The second-order valence-corrected chi connectivity index (χ2v) is 4.84. The van der Waals surface area contributed by atoms with Crippen molar-refractivity contribution in [1.29, 1.82) is 0 Å². The molecule has 2 heterocycles. The molecule has 0 radical (unpaired) electrons. The first-order valence-electron chi connectivity index (χ1n) is 6.13. The molecule has 1 fully saturated rings. The number of rotatable bonds is 4. The largest absolute Gasteiger partial charge is 0.350 e. The molecule has 17 heavy (non-hydrogen) atoms. The molecular weight excluding hydrogens is 210 g/mol. The van der Waals surface area contributed by atoms with Crippen molar-refractivity contribution in [2.45, 2.75) is 25.4 Å². The Hall–Kier alpha value is -1.61. The highest BCUT2D eigenvalue weighted by atomic mass is 14.9. The van der Waals surface area contributed by atoms with E-state index in [0.29, 0.717) is 5.92 Å². The van der Waals surface area contributed by atoms with Crippen molar-refractivity contribution in [2.24, 2.45) is 11.7 Å². The average Bonchev–Trinajstić information content (AvgIpc) is 3.11. The predicted molar refractivity (Wildman–Crippen MR) is 67.4 cm³/mol. The number of nitrogens with zero attached hydrogens (tertiary/aromatic N) is 2. The molecule has 2 aromatic rings. The molecular formula is C14H17N3. The van der Waals surface area contributed by atoms with E-state index in [2.05, 4.69) is 28.0 Å². The summed E-state index contributed by atoms with van der Waals surface area (Å²) in [4.78, 5) is 4.02. The van der Waals surface area contributed by atoms with E-state index < -0.39 is 0 Å². The van der Waals surface area contributed by atoms with E-state index in [1.54, 1.807) is 0 Å².